The van der Waals surface area contributed by atoms with Crippen LogP contribution in [-0.2, 0) is 43.3 Å². The molecule has 0 aliphatic carbocycles. The standard InChI is InChI=1S/2C16H22N2.2C14H18N2.2C13H14ClFN2.2C13H14F2N2/c1-11(2)17-15-9-6-12-10-13(16(3,4)5)7-8-14(12)18-15;1-11(2)17-15-9-7-12-6-8-13(16(3,4)5)10-14(12)18-15;1-14(2,3)11-6-7-12-10(9-11)5-8-13(15-4)16-12;1-14(2,3)11-7-5-10-6-8-13(15-4)16-12(10)9-11;1-13(2,3)7-4-10(15)8-6-9(14)12(16)17-11(8)5-7;1-13(2,3)8-4-5-10-7(11(8)15)6-9(14)12(16)17-10;1-13(2,3)7-4-9(14)8-6-10(15)12(16)17-11(8)5-7;1-13(2,3)8-4-5-10-7(11(8)15)6-9(14)12(16)17-10/h2*6-11H,1-5H3,(H,17,18);2*5-9H,1-4H3,(H,15,16);4*4-6H,1-3H3,(H2,16,17). The second kappa shape index (κ2) is 42.9. The maximum Gasteiger partial charge on any atom is 0.165 e. The number of halogens is 8. The summed E-state index contributed by atoms with van der Waals surface area (Å²) < 4.78 is 82.9. The molecule has 0 atom stereocenters. The molecule has 16 aromatic rings. The van der Waals surface area contributed by atoms with Crippen LogP contribution in [-0.4, -0.2) is 66.1 Å². The zero-order valence-corrected chi connectivity index (χ0v) is 86.1. The van der Waals surface area contributed by atoms with Crippen molar-refractivity contribution in [3.05, 3.63) is 284 Å². The summed E-state index contributed by atoms with van der Waals surface area (Å²) >= 11 is 11.7. The maximum absolute atomic E-state index is 14.3. The molecule has 0 radical (unpaired) electrons. The number of hydrogen-bond donors (Lipinski definition) is 8. The molecule has 720 valence electrons. The lowest BCUT2D eigenvalue weighted by atomic mass is 9.86. The Morgan fingerprint density at radius 3 is 0.868 bits per heavy atom. The van der Waals surface area contributed by atoms with E-state index in [4.69, 9.17) is 46.1 Å². The van der Waals surface area contributed by atoms with E-state index < -0.39 is 23.3 Å². The van der Waals surface area contributed by atoms with Crippen LogP contribution < -0.4 is 44.2 Å². The molecule has 0 unspecified atom stereocenters. The molecular weight excluding hydrogens is 1750 g/mol. The van der Waals surface area contributed by atoms with E-state index in [1.54, 1.807) is 30.3 Å². The van der Waals surface area contributed by atoms with E-state index in [1.807, 2.05) is 121 Å². The van der Waals surface area contributed by atoms with E-state index in [0.717, 1.165) is 68.6 Å². The molecule has 12 N–H and O–H groups in total. The number of nitrogens with two attached hydrogens (primary N) is 4. The number of hydrogen-bond acceptors (Lipinski definition) is 16. The molecule has 0 spiro atoms. The van der Waals surface area contributed by atoms with Crippen LogP contribution in [0.5, 0.6) is 0 Å². The van der Waals surface area contributed by atoms with E-state index in [0.29, 0.717) is 56.0 Å². The summed E-state index contributed by atoms with van der Waals surface area (Å²) in [6, 6.07) is 62.1. The number of anilines is 8. The minimum absolute atomic E-state index is 0.134. The van der Waals surface area contributed by atoms with Gasteiger partial charge in [-0.15, -0.1) is 0 Å². The van der Waals surface area contributed by atoms with Crippen LogP contribution in [0.2, 0.25) is 10.0 Å². The number of rotatable bonds is 6. The molecule has 8 heterocycles. The predicted molar refractivity (Wildman–Crippen MR) is 568 cm³/mol. The number of aromatic nitrogens is 8. The first-order valence-corrected chi connectivity index (χ1v) is 46.4. The Bertz CT molecular complexity index is 6750. The molecule has 0 saturated heterocycles. The lowest BCUT2D eigenvalue weighted by molar-refractivity contribution is 0.528. The third-order valence-corrected chi connectivity index (χ3v) is 23.1. The summed E-state index contributed by atoms with van der Waals surface area (Å²) in [5.74, 6) is 0.878. The molecule has 0 fully saturated rings. The van der Waals surface area contributed by atoms with Gasteiger partial charge in [0.1, 0.15) is 58.2 Å². The highest BCUT2D eigenvalue weighted by Gasteiger charge is 2.26. The first kappa shape index (κ1) is 107. The minimum atomic E-state index is -0.695. The van der Waals surface area contributed by atoms with E-state index in [-0.39, 0.29) is 99.0 Å². The largest absolute Gasteiger partial charge is 0.382 e. The SMILES string of the molecule is CC(C)(C)c1cc(F)c2cc(Cl)c(N)nc2c1.CC(C)(C)c1cc(F)c2cc(F)c(N)nc2c1.CC(C)(C)c1ccc2nc(N)c(Cl)cc2c1F.CC(C)(C)c1ccc2nc(N)c(F)cc2c1F.CC(C)Nc1ccc2cc(C(C)(C)C)ccc2n1.CC(C)Nc1ccc2ccc(C(C)(C)C)cc2n1.CNc1ccc2cc(C(C)(C)C)ccc2n1.CNc1ccc2ccc(C(C)(C)C)cc2n1. The van der Waals surface area contributed by atoms with Gasteiger partial charge in [0, 0.05) is 69.3 Å². The maximum atomic E-state index is 14.3. The summed E-state index contributed by atoms with van der Waals surface area (Å²) in [7, 11) is 3.78. The van der Waals surface area contributed by atoms with Gasteiger partial charge in [0.25, 0.3) is 0 Å². The van der Waals surface area contributed by atoms with Crippen LogP contribution in [0.25, 0.3) is 87.2 Å². The van der Waals surface area contributed by atoms with Gasteiger partial charge in [0.15, 0.2) is 23.3 Å². The van der Waals surface area contributed by atoms with Crippen molar-refractivity contribution >= 4 is 157 Å². The summed E-state index contributed by atoms with van der Waals surface area (Å²) in [5.41, 5.74) is 36.0. The fourth-order valence-electron chi connectivity index (χ4n) is 14.3. The second-order valence-corrected chi connectivity index (χ2v) is 43.8. The van der Waals surface area contributed by atoms with Crippen LogP contribution in [0.3, 0.4) is 0 Å². The van der Waals surface area contributed by atoms with Gasteiger partial charge in [0.2, 0.25) is 0 Å². The molecule has 16 nitrogen and oxygen atoms in total. The molecule has 24 heteroatoms. The smallest absolute Gasteiger partial charge is 0.165 e. The van der Waals surface area contributed by atoms with E-state index in [1.165, 1.54) is 68.1 Å². The first-order valence-electron chi connectivity index (χ1n) is 45.7. The molecule has 0 saturated carbocycles. The Morgan fingerprint density at radius 2 is 0.507 bits per heavy atom. The van der Waals surface area contributed by atoms with Crippen molar-refractivity contribution in [2.24, 2.45) is 0 Å². The van der Waals surface area contributed by atoms with Crippen LogP contribution in [0.15, 0.2) is 194 Å². The monoisotopic (exact) mass is 1890 g/mol. The van der Waals surface area contributed by atoms with Gasteiger partial charge in [-0.1, -0.05) is 238 Å². The lowest BCUT2D eigenvalue weighted by Gasteiger charge is -2.20. The average Bonchev–Trinajstić information content (AvgIpc) is 0.778. The summed E-state index contributed by atoms with van der Waals surface area (Å²) in [6.45, 7) is 58.8. The van der Waals surface area contributed by atoms with Crippen molar-refractivity contribution in [2.45, 2.75) is 249 Å². The number of nitrogens with one attached hydrogen (secondary N) is 4. The van der Waals surface area contributed by atoms with Crippen molar-refractivity contribution in [3.63, 3.8) is 0 Å². The molecule has 0 aliphatic heterocycles. The highest BCUT2D eigenvalue weighted by Crippen LogP contribution is 2.38. The quantitative estimate of drug-likeness (QED) is 0.0720. The molecule has 8 aromatic heterocycles. The third-order valence-electron chi connectivity index (χ3n) is 22.5. The Hall–Kier alpha value is -12.4. The summed E-state index contributed by atoms with van der Waals surface area (Å²) in [6.07, 6.45) is 0. The Labute approximate surface area is 809 Å². The number of fused-ring (bicyclic) bond motifs is 8. The number of nitrogen functional groups attached to an aromatic ring is 4. The molecular formula is C112H136Cl2F6N16. The third kappa shape index (κ3) is 28.4. The lowest BCUT2D eigenvalue weighted by Crippen LogP contribution is -2.14. The fourth-order valence-corrected chi connectivity index (χ4v) is 14.6. The van der Waals surface area contributed by atoms with Crippen molar-refractivity contribution < 1.29 is 26.3 Å². The van der Waals surface area contributed by atoms with Crippen LogP contribution in [0, 0.1) is 34.9 Å². The Kier molecular flexibility index (Phi) is 33.8. The predicted octanol–water partition coefficient (Wildman–Crippen LogP) is 30.5. The van der Waals surface area contributed by atoms with Crippen molar-refractivity contribution in [2.75, 3.05) is 58.3 Å². The van der Waals surface area contributed by atoms with E-state index in [2.05, 4.69) is 275 Å². The van der Waals surface area contributed by atoms with Crippen molar-refractivity contribution in [1.29, 1.82) is 0 Å². The highest BCUT2D eigenvalue weighted by molar-refractivity contribution is 6.34. The molecule has 0 amide bonds. The van der Waals surface area contributed by atoms with Crippen LogP contribution >= 0.6 is 23.2 Å². The van der Waals surface area contributed by atoms with Gasteiger partial charge in [0.05, 0.1) is 54.2 Å². The van der Waals surface area contributed by atoms with Gasteiger partial charge in [-0.05, 0) is 261 Å². The average molecular weight is 1890 g/mol. The summed E-state index contributed by atoms with van der Waals surface area (Å²) in [5, 5.41) is 19.3. The van der Waals surface area contributed by atoms with Crippen LogP contribution in [0.1, 0.15) is 238 Å². The van der Waals surface area contributed by atoms with Gasteiger partial charge < -0.3 is 44.2 Å². The molecule has 0 aliphatic rings. The second-order valence-electron chi connectivity index (χ2n) is 43.0. The number of benzene rings is 8. The minimum Gasteiger partial charge on any atom is -0.382 e. The molecule has 16 rings (SSSR count). The number of pyridine rings is 8. The van der Waals surface area contributed by atoms with E-state index in [9.17, 15) is 26.3 Å². The first-order chi connectivity index (χ1) is 62.9. The summed E-state index contributed by atoms with van der Waals surface area (Å²) in [4.78, 5) is 34.2. The van der Waals surface area contributed by atoms with Crippen molar-refractivity contribution in [1.82, 2.24) is 39.9 Å². The van der Waals surface area contributed by atoms with Gasteiger partial charge >= 0.3 is 0 Å². The van der Waals surface area contributed by atoms with Gasteiger partial charge in [-0.25, -0.2) is 66.2 Å². The van der Waals surface area contributed by atoms with Crippen LogP contribution in [0.4, 0.5) is 72.9 Å². The van der Waals surface area contributed by atoms with Crippen molar-refractivity contribution in [3.8, 4) is 0 Å². The molecule has 0 bridgehead atoms. The van der Waals surface area contributed by atoms with E-state index >= 15 is 0 Å². The van der Waals surface area contributed by atoms with Gasteiger partial charge in [-0.2, -0.15) is 0 Å². The molecule has 8 aromatic carbocycles. The normalized spacial score (nSPS) is 12.0. The highest BCUT2D eigenvalue weighted by atomic mass is 35.5. The zero-order valence-electron chi connectivity index (χ0n) is 84.5. The topological polar surface area (TPSA) is 255 Å². The zero-order chi connectivity index (χ0) is 101. The Morgan fingerprint density at radius 1 is 0.243 bits per heavy atom. The number of nitrogens with zero attached hydrogens (tertiary/aromatic N) is 8. The molecule has 136 heavy (non-hydrogen) atoms. The van der Waals surface area contributed by atoms with Gasteiger partial charge in [-0.3, -0.25) is 0 Å². The fraction of sp³-hybridized carbons (Fsp3) is 0.357. The Balaban J connectivity index is 0.000000174.